The van der Waals surface area contributed by atoms with Crippen LogP contribution in [0.5, 0.6) is 11.5 Å². The lowest BCUT2D eigenvalue weighted by Crippen LogP contribution is -2.20. The average Bonchev–Trinajstić information content (AvgIpc) is 2.89. The van der Waals surface area contributed by atoms with E-state index in [2.05, 4.69) is 0 Å². The monoisotopic (exact) mass is 483 g/mol. The molecule has 0 spiro atoms. The van der Waals surface area contributed by atoms with Crippen molar-refractivity contribution in [3.63, 3.8) is 0 Å². The Morgan fingerprint density at radius 1 is 1.09 bits per heavy atom. The molecule has 4 nitrogen and oxygen atoms in total. The lowest BCUT2D eigenvalue weighted by Gasteiger charge is -2.30. The van der Waals surface area contributed by atoms with Crippen molar-refractivity contribution in [1.82, 2.24) is 0 Å². The van der Waals surface area contributed by atoms with Crippen molar-refractivity contribution >= 4 is 11.4 Å². The number of hydrogen-bond donors (Lipinski definition) is 1. The van der Waals surface area contributed by atoms with Crippen LogP contribution in [0.25, 0.3) is 5.57 Å². The van der Waals surface area contributed by atoms with Crippen LogP contribution < -0.4 is 4.74 Å². The molecule has 1 atom stereocenters. The smallest absolute Gasteiger partial charge is 0.417 e. The van der Waals surface area contributed by atoms with E-state index in [-0.39, 0.29) is 23.2 Å². The van der Waals surface area contributed by atoms with E-state index in [9.17, 15) is 28.3 Å². The van der Waals surface area contributed by atoms with Gasteiger partial charge < -0.3 is 9.84 Å². The van der Waals surface area contributed by atoms with Crippen molar-refractivity contribution < 1.29 is 27.8 Å². The van der Waals surface area contributed by atoms with Gasteiger partial charge in [0, 0.05) is 12.3 Å². The standard InChI is InChI=1S/C28H28F3NO3/c1-3-18-8-9-22(35-21-10-11-24(28(29,30)31)20(13-21)15-32)14-23(18)26-25(33)12-17-4-6-19(7-5-17)16(2)27(26)34/h8-11,13-14,16-17,19,34H,3-7,12H2,1-2H3/b27-26+. The second-order valence-electron chi connectivity index (χ2n) is 9.55. The summed E-state index contributed by atoms with van der Waals surface area (Å²) in [5.74, 6) is 0.904. The number of benzene rings is 2. The van der Waals surface area contributed by atoms with E-state index >= 15 is 0 Å². The van der Waals surface area contributed by atoms with Crippen molar-refractivity contribution in [3.8, 4) is 17.6 Å². The Labute approximate surface area is 203 Å². The summed E-state index contributed by atoms with van der Waals surface area (Å²) in [6.07, 6.45) is 0.333. The first kappa shape index (κ1) is 24.8. The molecule has 1 N–H and O–H groups in total. The molecule has 5 rings (SSSR count). The number of rotatable bonds is 4. The predicted molar refractivity (Wildman–Crippen MR) is 126 cm³/mol. The molecule has 1 saturated carbocycles. The Balaban J connectivity index is 1.75. The molecule has 2 bridgehead atoms. The van der Waals surface area contributed by atoms with Crippen molar-refractivity contribution in [2.45, 2.75) is 58.5 Å². The molecule has 3 aliphatic rings. The molecular weight excluding hydrogens is 455 g/mol. The number of carbonyl (C=O) groups is 1. The summed E-state index contributed by atoms with van der Waals surface area (Å²) >= 11 is 0. The summed E-state index contributed by atoms with van der Waals surface area (Å²) in [7, 11) is 0. The molecule has 0 heterocycles. The zero-order valence-corrected chi connectivity index (χ0v) is 19.8. The third-order valence-corrected chi connectivity index (χ3v) is 7.42. The summed E-state index contributed by atoms with van der Waals surface area (Å²) in [5, 5.41) is 20.4. The minimum atomic E-state index is -4.64. The first-order chi connectivity index (χ1) is 16.6. The largest absolute Gasteiger partial charge is 0.511 e. The number of ether oxygens (including phenoxy) is 1. The van der Waals surface area contributed by atoms with Gasteiger partial charge in [-0.3, -0.25) is 4.79 Å². The quantitative estimate of drug-likeness (QED) is 0.486. The van der Waals surface area contributed by atoms with Gasteiger partial charge in [0.2, 0.25) is 0 Å². The first-order valence-electron chi connectivity index (χ1n) is 12.0. The molecule has 2 aromatic carbocycles. The van der Waals surface area contributed by atoms with Crippen LogP contribution in [0.3, 0.4) is 0 Å². The van der Waals surface area contributed by atoms with E-state index in [4.69, 9.17) is 4.74 Å². The van der Waals surface area contributed by atoms with Crippen LogP contribution >= 0.6 is 0 Å². The topological polar surface area (TPSA) is 70.3 Å². The zero-order valence-electron chi connectivity index (χ0n) is 19.8. The minimum absolute atomic E-state index is 0.0788. The first-order valence-corrected chi connectivity index (χ1v) is 12.0. The van der Waals surface area contributed by atoms with Crippen LogP contribution in [0.15, 0.2) is 42.2 Å². The van der Waals surface area contributed by atoms with Crippen molar-refractivity contribution in [2.75, 3.05) is 0 Å². The summed E-state index contributed by atoms with van der Waals surface area (Å²) < 4.78 is 45.2. The Morgan fingerprint density at radius 2 is 1.74 bits per heavy atom. The third-order valence-electron chi connectivity index (χ3n) is 7.42. The van der Waals surface area contributed by atoms with Gasteiger partial charge in [-0.1, -0.05) is 19.9 Å². The maximum Gasteiger partial charge on any atom is 0.417 e. The van der Waals surface area contributed by atoms with Gasteiger partial charge in [-0.25, -0.2) is 0 Å². The number of hydrogen-bond acceptors (Lipinski definition) is 4. The van der Waals surface area contributed by atoms with Gasteiger partial charge in [0.1, 0.15) is 17.3 Å². The highest BCUT2D eigenvalue weighted by molar-refractivity contribution is 6.22. The van der Waals surface area contributed by atoms with E-state index in [0.717, 1.165) is 43.4 Å². The molecular formula is C28H28F3NO3. The van der Waals surface area contributed by atoms with Gasteiger partial charge in [-0.15, -0.1) is 0 Å². The number of alkyl halides is 3. The molecule has 0 amide bonds. The Morgan fingerprint density at radius 3 is 2.37 bits per heavy atom. The van der Waals surface area contributed by atoms with Crippen molar-refractivity contribution in [2.24, 2.45) is 17.8 Å². The van der Waals surface area contributed by atoms with E-state index in [1.54, 1.807) is 24.3 Å². The second kappa shape index (κ2) is 9.77. The molecule has 0 aromatic heterocycles. The van der Waals surface area contributed by atoms with Crippen LogP contribution in [0.4, 0.5) is 13.2 Å². The molecule has 1 fully saturated rings. The molecule has 184 valence electrons. The number of aryl methyl sites for hydroxylation is 1. The lowest BCUT2D eigenvalue weighted by molar-refractivity contribution is -0.137. The van der Waals surface area contributed by atoms with E-state index in [1.165, 1.54) is 6.07 Å². The fourth-order valence-electron chi connectivity index (χ4n) is 5.36. The zero-order chi connectivity index (χ0) is 25.3. The number of aliphatic hydroxyl groups is 1. The summed E-state index contributed by atoms with van der Waals surface area (Å²) in [5.41, 5.74) is 0.230. The van der Waals surface area contributed by atoms with Crippen LogP contribution in [-0.2, 0) is 17.4 Å². The number of halogens is 3. The fourth-order valence-corrected chi connectivity index (χ4v) is 5.36. The molecule has 7 heteroatoms. The molecule has 0 radical (unpaired) electrons. The number of allylic oxidation sites excluding steroid dienone is 2. The predicted octanol–water partition coefficient (Wildman–Crippen LogP) is 7.62. The highest BCUT2D eigenvalue weighted by Gasteiger charge is 2.35. The Hall–Kier alpha value is -3.27. The number of carbonyl (C=O) groups excluding carboxylic acids is 1. The highest BCUT2D eigenvalue weighted by Crippen LogP contribution is 2.43. The van der Waals surface area contributed by atoms with E-state index in [1.807, 2.05) is 13.8 Å². The van der Waals surface area contributed by atoms with Crippen LogP contribution in [0.2, 0.25) is 0 Å². The minimum Gasteiger partial charge on any atom is -0.511 e. The number of ketones is 1. The maximum atomic E-state index is 13.4. The van der Waals surface area contributed by atoms with Crippen LogP contribution in [-0.4, -0.2) is 10.9 Å². The fraction of sp³-hybridized carbons (Fsp3) is 0.429. The highest BCUT2D eigenvalue weighted by atomic mass is 19.4. The summed E-state index contributed by atoms with van der Waals surface area (Å²) in [6.45, 7) is 3.93. The van der Waals surface area contributed by atoms with Gasteiger partial charge in [0.05, 0.1) is 22.8 Å². The second-order valence-corrected chi connectivity index (χ2v) is 9.55. The number of fused-ring (bicyclic) bond motifs is 5. The summed E-state index contributed by atoms with van der Waals surface area (Å²) in [4.78, 5) is 13.4. The van der Waals surface area contributed by atoms with Gasteiger partial charge in [0.15, 0.2) is 5.78 Å². The number of nitrogens with zero attached hydrogens (tertiary/aromatic N) is 1. The van der Waals surface area contributed by atoms with E-state index in [0.29, 0.717) is 41.6 Å². The molecule has 0 saturated heterocycles. The van der Waals surface area contributed by atoms with Crippen LogP contribution in [0.1, 0.15) is 68.2 Å². The van der Waals surface area contributed by atoms with Gasteiger partial charge >= 0.3 is 6.18 Å². The summed E-state index contributed by atoms with van der Waals surface area (Å²) in [6, 6.07) is 9.76. The molecule has 0 aliphatic heterocycles. The third kappa shape index (κ3) is 5.07. The van der Waals surface area contributed by atoms with E-state index < -0.39 is 17.3 Å². The number of Topliss-reactive ketones (excluding diaryl/α,β-unsaturated/α-hetero) is 1. The molecule has 2 aromatic rings. The normalized spacial score (nSPS) is 24.9. The molecule has 3 aliphatic carbocycles. The van der Waals surface area contributed by atoms with Gasteiger partial charge in [0.25, 0.3) is 0 Å². The lowest BCUT2D eigenvalue weighted by atomic mass is 9.76. The van der Waals surface area contributed by atoms with Crippen molar-refractivity contribution in [3.05, 3.63) is 64.4 Å². The molecule has 35 heavy (non-hydrogen) atoms. The van der Waals surface area contributed by atoms with Gasteiger partial charge in [-0.2, -0.15) is 18.4 Å². The Kier molecular flexibility index (Phi) is 6.93. The number of nitriles is 1. The van der Waals surface area contributed by atoms with Crippen molar-refractivity contribution in [1.29, 1.82) is 5.26 Å². The SMILES string of the molecule is CCc1ccc(Oc2ccc(C(F)(F)F)c(C#N)c2)cc1/C1=C(\O)C(C)C2CCC(CC2)CC1=O. The van der Waals surface area contributed by atoms with Crippen LogP contribution in [0, 0.1) is 29.1 Å². The average molecular weight is 484 g/mol. The Bertz CT molecular complexity index is 1200. The maximum absolute atomic E-state index is 13.4. The molecule has 1 unspecified atom stereocenters. The number of aliphatic hydroxyl groups excluding tert-OH is 1. The van der Waals surface area contributed by atoms with Gasteiger partial charge in [-0.05, 0) is 85.4 Å².